The minimum absolute atomic E-state index is 0.0739. The summed E-state index contributed by atoms with van der Waals surface area (Å²) in [6.07, 6.45) is 3.55. The molecule has 6 heteroatoms. The summed E-state index contributed by atoms with van der Waals surface area (Å²) < 4.78 is 3.55. The number of carboxylic acid groups (broad SMARTS) is 1. The number of para-hydroxylation sites is 1. The molecule has 0 aliphatic rings. The Morgan fingerprint density at radius 1 is 1.37 bits per heavy atom. The number of nitrogens with zero attached hydrogens (tertiary/aromatic N) is 4. The van der Waals surface area contributed by atoms with Gasteiger partial charge in [0, 0.05) is 24.8 Å². The molecule has 6 nitrogen and oxygen atoms in total. The molecule has 3 rings (SSSR count). The van der Waals surface area contributed by atoms with Crippen molar-refractivity contribution in [1.29, 1.82) is 0 Å². The normalized spacial score (nSPS) is 11.0. The predicted molar refractivity (Wildman–Crippen MR) is 69.0 cm³/mol. The number of imidazole rings is 1. The number of fused-ring (bicyclic) bond motifs is 1. The summed E-state index contributed by atoms with van der Waals surface area (Å²) in [6, 6.07) is 7.30. The van der Waals surface area contributed by atoms with Crippen molar-refractivity contribution in [2.24, 2.45) is 7.05 Å². The van der Waals surface area contributed by atoms with Crippen LogP contribution in [0.5, 0.6) is 0 Å². The van der Waals surface area contributed by atoms with Crippen LogP contribution < -0.4 is 0 Å². The van der Waals surface area contributed by atoms with Crippen molar-refractivity contribution in [1.82, 2.24) is 19.3 Å². The van der Waals surface area contributed by atoms with Gasteiger partial charge in [-0.3, -0.25) is 4.68 Å². The van der Waals surface area contributed by atoms with Crippen LogP contribution in [0.3, 0.4) is 0 Å². The summed E-state index contributed by atoms with van der Waals surface area (Å²) in [5.41, 5.74) is 0.868. The van der Waals surface area contributed by atoms with Gasteiger partial charge < -0.3 is 9.67 Å². The summed E-state index contributed by atoms with van der Waals surface area (Å²) in [5.74, 6) is -0.194. The van der Waals surface area contributed by atoms with Crippen LogP contribution in [0.25, 0.3) is 10.9 Å². The topological polar surface area (TPSA) is 72.9 Å². The summed E-state index contributed by atoms with van der Waals surface area (Å²) in [6.45, 7) is 0.442. The van der Waals surface area contributed by atoms with Crippen molar-refractivity contribution in [3.8, 4) is 0 Å². The molecule has 0 atom stereocenters. The van der Waals surface area contributed by atoms with Gasteiger partial charge in [0.15, 0.2) is 5.69 Å². The summed E-state index contributed by atoms with van der Waals surface area (Å²) in [4.78, 5) is 15.4. The van der Waals surface area contributed by atoms with Crippen LogP contribution >= 0.6 is 0 Å². The van der Waals surface area contributed by atoms with Gasteiger partial charge in [0.25, 0.3) is 0 Å². The fourth-order valence-corrected chi connectivity index (χ4v) is 2.09. The third kappa shape index (κ3) is 1.87. The van der Waals surface area contributed by atoms with E-state index in [1.807, 2.05) is 36.0 Å². The highest BCUT2D eigenvalue weighted by atomic mass is 16.4. The lowest BCUT2D eigenvalue weighted by Gasteiger charge is -2.03. The lowest BCUT2D eigenvalue weighted by atomic mass is 10.2. The molecule has 0 unspecified atom stereocenters. The second kappa shape index (κ2) is 4.24. The van der Waals surface area contributed by atoms with Gasteiger partial charge in [-0.1, -0.05) is 18.2 Å². The molecule has 0 fully saturated rings. The van der Waals surface area contributed by atoms with E-state index in [1.165, 1.54) is 0 Å². The van der Waals surface area contributed by atoms with E-state index in [0.29, 0.717) is 11.9 Å². The van der Waals surface area contributed by atoms with Crippen LogP contribution in [-0.2, 0) is 13.6 Å². The fourth-order valence-electron chi connectivity index (χ4n) is 2.09. The minimum atomic E-state index is -1.02. The zero-order valence-corrected chi connectivity index (χ0v) is 10.3. The zero-order chi connectivity index (χ0) is 13.4. The van der Waals surface area contributed by atoms with E-state index in [9.17, 15) is 9.90 Å². The molecule has 1 aromatic carbocycles. The van der Waals surface area contributed by atoms with Gasteiger partial charge >= 0.3 is 5.97 Å². The molecule has 2 aromatic heterocycles. The highest BCUT2D eigenvalue weighted by Crippen LogP contribution is 2.19. The molecule has 3 aromatic rings. The third-order valence-electron chi connectivity index (χ3n) is 3.07. The van der Waals surface area contributed by atoms with Crippen molar-refractivity contribution in [2.45, 2.75) is 6.54 Å². The Hall–Kier alpha value is -2.63. The fraction of sp³-hybridized carbons (Fsp3) is 0.154. The Balaban J connectivity index is 2.14. The van der Waals surface area contributed by atoms with Gasteiger partial charge in [0.1, 0.15) is 5.82 Å². The Morgan fingerprint density at radius 3 is 2.84 bits per heavy atom. The number of rotatable bonds is 3. The highest BCUT2D eigenvalue weighted by molar-refractivity contribution is 6.01. The molecular formula is C13H12N4O2. The third-order valence-corrected chi connectivity index (χ3v) is 3.07. The molecule has 2 heterocycles. The lowest BCUT2D eigenvalue weighted by Crippen LogP contribution is -2.08. The van der Waals surface area contributed by atoms with Crippen LogP contribution in [0.4, 0.5) is 0 Å². The van der Waals surface area contributed by atoms with Crippen LogP contribution in [0.2, 0.25) is 0 Å². The van der Waals surface area contributed by atoms with E-state index in [2.05, 4.69) is 10.1 Å². The van der Waals surface area contributed by atoms with Crippen molar-refractivity contribution in [3.63, 3.8) is 0 Å². The Labute approximate surface area is 108 Å². The molecule has 0 spiro atoms. The first-order valence-electron chi connectivity index (χ1n) is 5.82. The standard InChI is InChI=1S/C13H12N4O2/c1-16-7-6-14-11(16)8-17-10-5-3-2-4-9(10)12(15-17)13(18)19/h2-7H,8H2,1H3,(H,18,19). The monoisotopic (exact) mass is 256 g/mol. The second-order valence-corrected chi connectivity index (χ2v) is 4.28. The summed E-state index contributed by atoms with van der Waals surface area (Å²) in [7, 11) is 1.89. The van der Waals surface area contributed by atoms with Gasteiger partial charge in [-0.05, 0) is 6.07 Å². The predicted octanol–water partition coefficient (Wildman–Crippen LogP) is 1.52. The first-order chi connectivity index (χ1) is 9.16. The number of aromatic carboxylic acids is 1. The number of aryl methyl sites for hydroxylation is 1. The van der Waals surface area contributed by atoms with Crippen molar-refractivity contribution in [3.05, 3.63) is 48.2 Å². The Bertz CT molecular complexity index is 757. The van der Waals surface area contributed by atoms with Crippen LogP contribution in [-0.4, -0.2) is 30.4 Å². The van der Waals surface area contributed by atoms with E-state index in [-0.39, 0.29) is 5.69 Å². The number of benzene rings is 1. The summed E-state index contributed by atoms with van der Waals surface area (Å²) in [5, 5.41) is 14.0. The molecule has 0 saturated heterocycles. The molecule has 0 aliphatic heterocycles. The average molecular weight is 256 g/mol. The highest BCUT2D eigenvalue weighted by Gasteiger charge is 2.16. The van der Waals surface area contributed by atoms with Gasteiger partial charge in [-0.25, -0.2) is 9.78 Å². The SMILES string of the molecule is Cn1ccnc1Cn1nc(C(=O)O)c2ccccc21. The largest absolute Gasteiger partial charge is 0.476 e. The Morgan fingerprint density at radius 2 is 2.16 bits per heavy atom. The van der Waals surface area contributed by atoms with Gasteiger partial charge in [-0.15, -0.1) is 0 Å². The second-order valence-electron chi connectivity index (χ2n) is 4.28. The number of hydrogen-bond acceptors (Lipinski definition) is 3. The van der Waals surface area contributed by atoms with E-state index < -0.39 is 5.97 Å². The van der Waals surface area contributed by atoms with E-state index in [0.717, 1.165) is 11.3 Å². The quantitative estimate of drug-likeness (QED) is 0.771. The first kappa shape index (κ1) is 11.5. The van der Waals surface area contributed by atoms with E-state index >= 15 is 0 Å². The smallest absolute Gasteiger partial charge is 0.357 e. The molecule has 0 amide bonds. The molecule has 0 radical (unpaired) electrons. The molecule has 0 bridgehead atoms. The minimum Gasteiger partial charge on any atom is -0.476 e. The Kier molecular flexibility index (Phi) is 2.56. The van der Waals surface area contributed by atoms with E-state index in [1.54, 1.807) is 16.9 Å². The first-order valence-corrected chi connectivity index (χ1v) is 5.82. The average Bonchev–Trinajstić information content (AvgIpc) is 2.96. The molecular weight excluding hydrogens is 244 g/mol. The van der Waals surface area contributed by atoms with Gasteiger partial charge in [0.05, 0.1) is 12.1 Å². The lowest BCUT2D eigenvalue weighted by molar-refractivity contribution is 0.0691. The molecule has 1 N–H and O–H groups in total. The van der Waals surface area contributed by atoms with Crippen LogP contribution in [0, 0.1) is 0 Å². The van der Waals surface area contributed by atoms with Crippen LogP contribution in [0.15, 0.2) is 36.7 Å². The molecule has 0 aliphatic carbocycles. The number of aromatic nitrogens is 4. The molecule has 0 saturated carbocycles. The molecule has 19 heavy (non-hydrogen) atoms. The maximum atomic E-state index is 11.2. The van der Waals surface area contributed by atoms with E-state index in [4.69, 9.17) is 0 Å². The maximum Gasteiger partial charge on any atom is 0.357 e. The van der Waals surface area contributed by atoms with Crippen molar-refractivity contribution >= 4 is 16.9 Å². The van der Waals surface area contributed by atoms with Gasteiger partial charge in [0.2, 0.25) is 0 Å². The maximum absolute atomic E-state index is 11.2. The molecule has 96 valence electrons. The van der Waals surface area contributed by atoms with Crippen LogP contribution in [0.1, 0.15) is 16.3 Å². The van der Waals surface area contributed by atoms with Crippen molar-refractivity contribution < 1.29 is 9.90 Å². The number of carboxylic acids is 1. The zero-order valence-electron chi connectivity index (χ0n) is 10.3. The number of carbonyl (C=O) groups is 1. The summed E-state index contributed by atoms with van der Waals surface area (Å²) >= 11 is 0. The van der Waals surface area contributed by atoms with Gasteiger partial charge in [-0.2, -0.15) is 5.10 Å². The number of hydrogen-bond donors (Lipinski definition) is 1. The van der Waals surface area contributed by atoms with Crippen molar-refractivity contribution in [2.75, 3.05) is 0 Å².